The van der Waals surface area contributed by atoms with Gasteiger partial charge in [0.1, 0.15) is 0 Å². The van der Waals surface area contributed by atoms with E-state index < -0.39 is 23.4 Å². The molecule has 0 unspecified atom stereocenters. The molecule has 0 heterocycles. The van der Waals surface area contributed by atoms with E-state index in [0.717, 1.165) is 5.56 Å². The summed E-state index contributed by atoms with van der Waals surface area (Å²) in [6.45, 7) is 1.83. The van der Waals surface area contributed by atoms with E-state index in [4.69, 9.17) is 0 Å². The Kier molecular flexibility index (Phi) is 5.73. The molecule has 0 atom stereocenters. The van der Waals surface area contributed by atoms with Crippen molar-refractivity contribution in [2.45, 2.75) is 13.1 Å². The Balaban J connectivity index is 2.49. The minimum atomic E-state index is -5.19. The summed E-state index contributed by atoms with van der Waals surface area (Å²) in [5.74, 6) is -3.17. The molecule has 0 fully saturated rings. The Morgan fingerprint density at radius 2 is 1.60 bits per heavy atom. The Morgan fingerprint density at radius 3 is 2.12 bits per heavy atom. The average Bonchev–Trinajstić information content (AvgIpc) is 2.56. The standard InChI is InChI=1S/C17H12BrF3N2O2/c1-10-2-8-13(9-3-10)22-23-14(16(25)17(19,20)21)15(24)11-4-6-12(18)7-5-11/h2-9,24H,1H3. The van der Waals surface area contributed by atoms with Crippen LogP contribution in [-0.2, 0) is 4.79 Å². The summed E-state index contributed by atoms with van der Waals surface area (Å²) in [7, 11) is 0. The smallest absolute Gasteiger partial charge is 0.456 e. The van der Waals surface area contributed by atoms with Gasteiger partial charge in [0.2, 0.25) is 0 Å². The number of hydrogen-bond acceptors (Lipinski definition) is 4. The summed E-state index contributed by atoms with van der Waals surface area (Å²) in [6.07, 6.45) is -5.19. The van der Waals surface area contributed by atoms with Crippen LogP contribution in [0.2, 0.25) is 0 Å². The average molecular weight is 413 g/mol. The number of ketones is 1. The number of Topliss-reactive ketones (excluding diaryl/α,β-unsaturated/α-hetero) is 1. The monoisotopic (exact) mass is 412 g/mol. The number of azo groups is 1. The van der Waals surface area contributed by atoms with Crippen LogP contribution < -0.4 is 0 Å². The summed E-state index contributed by atoms with van der Waals surface area (Å²) < 4.78 is 39.1. The van der Waals surface area contributed by atoms with E-state index >= 15 is 0 Å². The van der Waals surface area contributed by atoms with Crippen LogP contribution in [0.1, 0.15) is 11.1 Å². The molecule has 0 aliphatic rings. The predicted molar refractivity (Wildman–Crippen MR) is 90.4 cm³/mol. The van der Waals surface area contributed by atoms with E-state index in [1.807, 2.05) is 6.92 Å². The van der Waals surface area contributed by atoms with E-state index in [1.165, 1.54) is 36.4 Å². The first-order chi connectivity index (χ1) is 11.7. The van der Waals surface area contributed by atoms with Crippen molar-refractivity contribution in [2.75, 3.05) is 0 Å². The molecule has 0 aliphatic heterocycles. The zero-order valence-corrected chi connectivity index (χ0v) is 14.5. The second-order valence-corrected chi connectivity index (χ2v) is 5.98. The van der Waals surface area contributed by atoms with Gasteiger partial charge in [-0.3, -0.25) is 4.79 Å². The Labute approximate surface area is 149 Å². The molecular formula is C17H12BrF3N2O2. The molecule has 0 spiro atoms. The zero-order chi connectivity index (χ0) is 18.6. The van der Waals surface area contributed by atoms with Crippen molar-refractivity contribution in [1.29, 1.82) is 0 Å². The first kappa shape index (κ1) is 18.9. The fourth-order valence-electron chi connectivity index (χ4n) is 1.80. The summed E-state index contributed by atoms with van der Waals surface area (Å²) in [5, 5.41) is 17.1. The maximum Gasteiger partial charge on any atom is 0.456 e. The quantitative estimate of drug-likeness (QED) is 0.386. The summed E-state index contributed by atoms with van der Waals surface area (Å²) in [4.78, 5) is 11.6. The minimum absolute atomic E-state index is 0.0126. The number of alkyl halides is 3. The van der Waals surface area contributed by atoms with E-state index in [2.05, 4.69) is 26.2 Å². The van der Waals surface area contributed by atoms with Crippen molar-refractivity contribution < 1.29 is 23.1 Å². The fraction of sp³-hybridized carbons (Fsp3) is 0.118. The number of benzene rings is 2. The van der Waals surface area contributed by atoms with Crippen LogP contribution in [0.15, 0.2) is 68.9 Å². The molecule has 0 saturated heterocycles. The van der Waals surface area contributed by atoms with Crippen LogP contribution in [0, 0.1) is 6.92 Å². The molecule has 0 amide bonds. The van der Waals surface area contributed by atoms with Gasteiger partial charge >= 0.3 is 6.18 Å². The molecule has 0 aliphatic carbocycles. The van der Waals surface area contributed by atoms with E-state index in [9.17, 15) is 23.1 Å². The number of nitrogens with zero attached hydrogens (tertiary/aromatic N) is 2. The highest BCUT2D eigenvalue weighted by Gasteiger charge is 2.43. The first-order valence-corrected chi connectivity index (χ1v) is 7.77. The fourth-order valence-corrected chi connectivity index (χ4v) is 2.06. The van der Waals surface area contributed by atoms with Crippen molar-refractivity contribution in [3.8, 4) is 0 Å². The summed E-state index contributed by atoms with van der Waals surface area (Å²) in [6, 6.07) is 12.2. The maximum absolute atomic E-state index is 12.8. The summed E-state index contributed by atoms with van der Waals surface area (Å²) in [5.41, 5.74) is 0.0227. The minimum Gasteiger partial charge on any atom is -0.505 e. The van der Waals surface area contributed by atoms with Gasteiger partial charge in [0, 0.05) is 10.0 Å². The van der Waals surface area contributed by atoms with E-state index in [-0.39, 0.29) is 11.3 Å². The number of aryl methyl sites for hydroxylation is 1. The molecule has 2 rings (SSSR count). The molecular weight excluding hydrogens is 401 g/mol. The Morgan fingerprint density at radius 1 is 1.04 bits per heavy atom. The van der Waals surface area contributed by atoms with Crippen molar-refractivity contribution in [2.24, 2.45) is 10.2 Å². The third kappa shape index (κ3) is 4.99. The van der Waals surface area contributed by atoms with Crippen molar-refractivity contribution in [3.63, 3.8) is 0 Å². The second kappa shape index (κ2) is 7.60. The number of aliphatic hydroxyl groups excluding tert-OH is 1. The largest absolute Gasteiger partial charge is 0.505 e. The van der Waals surface area contributed by atoms with Crippen molar-refractivity contribution in [1.82, 2.24) is 0 Å². The van der Waals surface area contributed by atoms with Crippen LogP contribution in [0.3, 0.4) is 0 Å². The highest BCUT2D eigenvalue weighted by Crippen LogP contribution is 2.28. The first-order valence-electron chi connectivity index (χ1n) is 6.97. The number of hydrogen-bond donors (Lipinski definition) is 1. The molecule has 25 heavy (non-hydrogen) atoms. The number of carbonyl (C=O) groups is 1. The van der Waals surface area contributed by atoms with Crippen LogP contribution in [0.4, 0.5) is 18.9 Å². The number of halogens is 4. The molecule has 1 N–H and O–H groups in total. The number of aliphatic hydroxyl groups is 1. The molecule has 8 heteroatoms. The lowest BCUT2D eigenvalue weighted by Gasteiger charge is -2.08. The van der Waals surface area contributed by atoms with Gasteiger partial charge in [-0.1, -0.05) is 45.8 Å². The normalized spacial score (nSPS) is 13.0. The molecule has 4 nitrogen and oxygen atoms in total. The topological polar surface area (TPSA) is 62.0 Å². The lowest BCUT2D eigenvalue weighted by molar-refractivity contribution is -0.166. The van der Waals surface area contributed by atoms with Crippen LogP contribution in [0.5, 0.6) is 0 Å². The van der Waals surface area contributed by atoms with Gasteiger partial charge in [-0.05, 0) is 31.2 Å². The SMILES string of the molecule is Cc1ccc(N=NC(C(=O)C(F)(F)F)=C(O)c2ccc(Br)cc2)cc1. The number of carbonyl (C=O) groups excluding carboxylic acids is 1. The lowest BCUT2D eigenvalue weighted by Crippen LogP contribution is -2.24. The zero-order valence-electron chi connectivity index (χ0n) is 12.9. The van der Waals surface area contributed by atoms with Crippen LogP contribution in [0.25, 0.3) is 5.76 Å². The highest BCUT2D eigenvalue weighted by molar-refractivity contribution is 9.10. The maximum atomic E-state index is 12.8. The van der Waals surface area contributed by atoms with Gasteiger partial charge in [-0.25, -0.2) is 0 Å². The van der Waals surface area contributed by atoms with Gasteiger partial charge in [0.25, 0.3) is 5.78 Å². The third-order valence-corrected chi connectivity index (χ3v) is 3.64. The summed E-state index contributed by atoms with van der Waals surface area (Å²) >= 11 is 3.17. The van der Waals surface area contributed by atoms with Crippen molar-refractivity contribution >= 4 is 33.2 Å². The number of allylic oxidation sites excluding steroid dienone is 1. The molecule has 0 radical (unpaired) electrons. The van der Waals surface area contributed by atoms with Gasteiger partial charge in [0.15, 0.2) is 11.5 Å². The van der Waals surface area contributed by atoms with Crippen LogP contribution >= 0.6 is 15.9 Å². The number of rotatable bonds is 4. The lowest BCUT2D eigenvalue weighted by atomic mass is 10.1. The van der Waals surface area contributed by atoms with Gasteiger partial charge < -0.3 is 5.11 Å². The predicted octanol–water partition coefficient (Wildman–Crippen LogP) is 5.90. The molecule has 2 aromatic rings. The highest BCUT2D eigenvalue weighted by atomic mass is 79.9. The molecule has 2 aromatic carbocycles. The molecule has 130 valence electrons. The third-order valence-electron chi connectivity index (χ3n) is 3.11. The van der Waals surface area contributed by atoms with E-state index in [0.29, 0.717) is 4.47 Å². The molecule has 0 aromatic heterocycles. The van der Waals surface area contributed by atoms with Crippen LogP contribution in [-0.4, -0.2) is 17.1 Å². The Hall–Kier alpha value is -2.48. The van der Waals surface area contributed by atoms with Gasteiger partial charge in [0.05, 0.1) is 5.69 Å². The molecule has 0 saturated carbocycles. The molecule has 0 bridgehead atoms. The second-order valence-electron chi connectivity index (χ2n) is 5.07. The van der Waals surface area contributed by atoms with E-state index in [1.54, 1.807) is 12.1 Å². The Bertz CT molecular complexity index is 826. The van der Waals surface area contributed by atoms with Crippen molar-refractivity contribution in [3.05, 3.63) is 69.8 Å². The van der Waals surface area contributed by atoms with Gasteiger partial charge in [-0.2, -0.15) is 18.3 Å². The van der Waals surface area contributed by atoms with Gasteiger partial charge in [-0.15, -0.1) is 5.11 Å².